The van der Waals surface area contributed by atoms with E-state index >= 15 is 0 Å². The molecule has 0 aliphatic carbocycles. The first-order chi connectivity index (χ1) is 9.20. The molecule has 0 fully saturated rings. The van der Waals surface area contributed by atoms with Crippen molar-refractivity contribution in [1.29, 1.82) is 0 Å². The molecule has 1 heterocycles. The zero-order chi connectivity index (χ0) is 13.7. The molecule has 0 unspecified atom stereocenters. The van der Waals surface area contributed by atoms with Crippen LogP contribution in [0.1, 0.15) is 24.7 Å². The third-order valence-electron chi connectivity index (χ3n) is 2.74. The summed E-state index contributed by atoms with van der Waals surface area (Å²) in [5, 5.41) is 7.50. The van der Waals surface area contributed by atoms with Crippen LogP contribution < -0.4 is 5.32 Å². The Morgan fingerprint density at radius 2 is 2.26 bits per heavy atom. The van der Waals surface area contributed by atoms with Gasteiger partial charge in [0.05, 0.1) is 13.1 Å². The lowest BCUT2D eigenvalue weighted by atomic mass is 10.2. The Kier molecular flexibility index (Phi) is 5.04. The maximum Gasteiger partial charge on any atom is 0.141 e. The number of aromatic nitrogens is 3. The Labute approximate surface area is 120 Å². The van der Waals surface area contributed by atoms with Crippen molar-refractivity contribution >= 4 is 15.9 Å². The highest BCUT2D eigenvalue weighted by Crippen LogP contribution is 2.19. The Hall–Kier alpha value is -1.27. The SMILES string of the molecule is CCCNCc1ncnn1Cc1ccc(F)cc1Br. The lowest BCUT2D eigenvalue weighted by Gasteiger charge is -2.08. The quantitative estimate of drug-likeness (QED) is 0.830. The summed E-state index contributed by atoms with van der Waals surface area (Å²) in [6.07, 6.45) is 2.62. The summed E-state index contributed by atoms with van der Waals surface area (Å²) in [5.74, 6) is 0.628. The van der Waals surface area contributed by atoms with E-state index in [4.69, 9.17) is 0 Å². The fourth-order valence-electron chi connectivity index (χ4n) is 1.75. The summed E-state index contributed by atoms with van der Waals surface area (Å²) in [5.41, 5.74) is 0.976. The van der Waals surface area contributed by atoms with Crippen LogP contribution in [0.3, 0.4) is 0 Å². The van der Waals surface area contributed by atoms with E-state index in [0.717, 1.165) is 28.8 Å². The third kappa shape index (κ3) is 3.84. The second kappa shape index (κ2) is 6.77. The van der Waals surface area contributed by atoms with E-state index < -0.39 is 0 Å². The third-order valence-corrected chi connectivity index (χ3v) is 3.48. The molecule has 0 aliphatic heterocycles. The summed E-state index contributed by atoms with van der Waals surface area (Å²) < 4.78 is 15.6. The van der Waals surface area contributed by atoms with E-state index in [-0.39, 0.29) is 5.82 Å². The van der Waals surface area contributed by atoms with Gasteiger partial charge in [-0.05, 0) is 30.7 Å². The van der Waals surface area contributed by atoms with Crippen molar-refractivity contribution in [2.45, 2.75) is 26.4 Å². The van der Waals surface area contributed by atoms with Crippen LogP contribution >= 0.6 is 15.9 Å². The fourth-order valence-corrected chi connectivity index (χ4v) is 2.22. The van der Waals surface area contributed by atoms with Crippen molar-refractivity contribution < 1.29 is 4.39 Å². The van der Waals surface area contributed by atoms with E-state index in [9.17, 15) is 4.39 Å². The van der Waals surface area contributed by atoms with Crippen molar-refractivity contribution in [3.8, 4) is 0 Å². The molecule has 1 aromatic heterocycles. The number of benzene rings is 1. The van der Waals surface area contributed by atoms with Crippen LogP contribution in [0.4, 0.5) is 4.39 Å². The molecule has 0 atom stereocenters. The number of hydrogen-bond acceptors (Lipinski definition) is 3. The van der Waals surface area contributed by atoms with Crippen molar-refractivity contribution in [3.05, 3.63) is 46.2 Å². The zero-order valence-corrected chi connectivity index (χ0v) is 12.3. The highest BCUT2D eigenvalue weighted by atomic mass is 79.9. The molecule has 0 saturated carbocycles. The minimum absolute atomic E-state index is 0.251. The lowest BCUT2D eigenvalue weighted by Crippen LogP contribution is -2.18. The minimum Gasteiger partial charge on any atom is -0.310 e. The van der Waals surface area contributed by atoms with Crippen LogP contribution in [0.2, 0.25) is 0 Å². The van der Waals surface area contributed by atoms with Gasteiger partial charge in [-0.1, -0.05) is 28.9 Å². The van der Waals surface area contributed by atoms with Crippen molar-refractivity contribution in [2.75, 3.05) is 6.54 Å². The second-order valence-electron chi connectivity index (χ2n) is 4.25. The molecule has 102 valence electrons. The van der Waals surface area contributed by atoms with E-state index in [2.05, 4.69) is 38.3 Å². The largest absolute Gasteiger partial charge is 0.310 e. The predicted octanol–water partition coefficient (Wildman–Crippen LogP) is 2.73. The van der Waals surface area contributed by atoms with Gasteiger partial charge in [0.1, 0.15) is 18.0 Å². The maximum absolute atomic E-state index is 13.0. The molecular weight excluding hydrogens is 311 g/mol. The van der Waals surface area contributed by atoms with Gasteiger partial charge in [0.2, 0.25) is 0 Å². The smallest absolute Gasteiger partial charge is 0.141 e. The number of rotatable bonds is 6. The lowest BCUT2D eigenvalue weighted by molar-refractivity contribution is 0.580. The van der Waals surface area contributed by atoms with Crippen LogP contribution in [0.15, 0.2) is 29.0 Å². The van der Waals surface area contributed by atoms with Gasteiger partial charge < -0.3 is 5.32 Å². The van der Waals surface area contributed by atoms with E-state index in [0.29, 0.717) is 13.1 Å². The monoisotopic (exact) mass is 326 g/mol. The summed E-state index contributed by atoms with van der Waals surface area (Å²) in [6.45, 7) is 4.33. The number of nitrogens with zero attached hydrogens (tertiary/aromatic N) is 3. The Morgan fingerprint density at radius 1 is 1.42 bits per heavy atom. The van der Waals surface area contributed by atoms with Gasteiger partial charge in [-0.2, -0.15) is 5.10 Å². The van der Waals surface area contributed by atoms with Gasteiger partial charge in [0.15, 0.2) is 0 Å². The molecule has 6 heteroatoms. The normalized spacial score (nSPS) is 10.9. The molecule has 0 radical (unpaired) electrons. The first kappa shape index (κ1) is 14.1. The average Bonchev–Trinajstić information content (AvgIpc) is 2.81. The Balaban J connectivity index is 2.08. The minimum atomic E-state index is -0.251. The molecule has 1 aromatic carbocycles. The van der Waals surface area contributed by atoms with Crippen molar-refractivity contribution in [2.24, 2.45) is 0 Å². The molecule has 0 spiro atoms. The molecule has 4 nitrogen and oxygen atoms in total. The van der Waals surface area contributed by atoms with Gasteiger partial charge in [0, 0.05) is 4.47 Å². The van der Waals surface area contributed by atoms with Crippen LogP contribution in [-0.2, 0) is 13.1 Å². The first-order valence-electron chi connectivity index (χ1n) is 6.22. The van der Waals surface area contributed by atoms with E-state index in [1.807, 2.05) is 4.68 Å². The van der Waals surface area contributed by atoms with Gasteiger partial charge in [-0.15, -0.1) is 0 Å². The highest BCUT2D eigenvalue weighted by Gasteiger charge is 2.07. The van der Waals surface area contributed by atoms with Crippen LogP contribution in [0.5, 0.6) is 0 Å². The predicted molar refractivity (Wildman–Crippen MR) is 75.2 cm³/mol. The molecule has 0 aliphatic rings. The Bertz CT molecular complexity index is 541. The summed E-state index contributed by atoms with van der Waals surface area (Å²) in [6, 6.07) is 4.66. The molecule has 2 rings (SSSR count). The van der Waals surface area contributed by atoms with Crippen molar-refractivity contribution in [3.63, 3.8) is 0 Å². The van der Waals surface area contributed by atoms with Gasteiger partial charge in [-0.25, -0.2) is 14.1 Å². The first-order valence-corrected chi connectivity index (χ1v) is 7.01. The number of halogens is 2. The second-order valence-corrected chi connectivity index (χ2v) is 5.10. The average molecular weight is 327 g/mol. The fraction of sp³-hybridized carbons (Fsp3) is 0.385. The maximum atomic E-state index is 13.0. The van der Waals surface area contributed by atoms with Gasteiger partial charge >= 0.3 is 0 Å². The van der Waals surface area contributed by atoms with E-state index in [1.54, 1.807) is 12.4 Å². The van der Waals surface area contributed by atoms with Crippen LogP contribution in [0, 0.1) is 5.82 Å². The molecule has 0 bridgehead atoms. The molecule has 0 amide bonds. The summed E-state index contributed by atoms with van der Waals surface area (Å²) in [4.78, 5) is 4.23. The number of nitrogens with one attached hydrogen (secondary N) is 1. The molecular formula is C13H16BrFN4. The van der Waals surface area contributed by atoms with E-state index in [1.165, 1.54) is 12.1 Å². The topological polar surface area (TPSA) is 42.7 Å². The van der Waals surface area contributed by atoms with Crippen molar-refractivity contribution in [1.82, 2.24) is 20.1 Å². The van der Waals surface area contributed by atoms with Crippen LogP contribution in [-0.4, -0.2) is 21.3 Å². The van der Waals surface area contributed by atoms with Gasteiger partial charge in [-0.3, -0.25) is 0 Å². The zero-order valence-electron chi connectivity index (χ0n) is 10.7. The number of hydrogen-bond donors (Lipinski definition) is 1. The molecule has 2 aromatic rings. The molecule has 1 N–H and O–H groups in total. The van der Waals surface area contributed by atoms with Gasteiger partial charge in [0.25, 0.3) is 0 Å². The standard InChI is InChI=1S/C13H16BrFN4/c1-2-5-16-7-13-17-9-18-19(13)8-10-3-4-11(15)6-12(10)14/h3-4,6,9,16H,2,5,7-8H2,1H3. The summed E-state index contributed by atoms with van der Waals surface area (Å²) >= 11 is 3.36. The Morgan fingerprint density at radius 3 is 3.00 bits per heavy atom. The van der Waals surface area contributed by atoms with Crippen LogP contribution in [0.25, 0.3) is 0 Å². The summed E-state index contributed by atoms with van der Waals surface area (Å²) in [7, 11) is 0. The molecule has 0 saturated heterocycles. The molecule has 19 heavy (non-hydrogen) atoms. The highest BCUT2D eigenvalue weighted by molar-refractivity contribution is 9.10.